The Hall–Kier alpha value is -1.32. The van der Waals surface area contributed by atoms with Crippen molar-refractivity contribution in [3.63, 3.8) is 0 Å². The van der Waals surface area contributed by atoms with E-state index in [0.717, 1.165) is 43.3 Å². The fraction of sp³-hybridized carbons (Fsp3) is 0.706. The highest BCUT2D eigenvalue weighted by Gasteiger charge is 2.27. The van der Waals surface area contributed by atoms with Crippen LogP contribution in [0.1, 0.15) is 36.7 Å². The van der Waals surface area contributed by atoms with Crippen molar-refractivity contribution in [2.45, 2.75) is 40.2 Å². The molecule has 0 aliphatic carbocycles. The molecule has 25 heavy (non-hydrogen) atoms. The first-order chi connectivity index (χ1) is 11.5. The Bertz CT molecular complexity index is 606. The molecule has 1 N–H and O–H groups in total. The zero-order valence-corrected chi connectivity index (χ0v) is 18.2. The van der Waals surface area contributed by atoms with E-state index in [1.165, 1.54) is 5.56 Å². The molecule has 1 fully saturated rings. The quantitative estimate of drug-likeness (QED) is 0.320. The third-order valence-corrected chi connectivity index (χ3v) is 4.71. The second kappa shape index (κ2) is 9.98. The van der Waals surface area contributed by atoms with E-state index < -0.39 is 0 Å². The van der Waals surface area contributed by atoms with Gasteiger partial charge in [-0.2, -0.15) is 5.10 Å². The van der Waals surface area contributed by atoms with Gasteiger partial charge in [0.2, 0.25) is 0 Å². The molecular weight excluding hydrogens is 433 g/mol. The molecule has 0 bridgehead atoms. The zero-order chi connectivity index (χ0) is 17.7. The lowest BCUT2D eigenvalue weighted by atomic mass is 9.97. The number of ether oxygens (including phenoxy) is 1. The maximum atomic E-state index is 11.8. The van der Waals surface area contributed by atoms with Crippen molar-refractivity contribution >= 4 is 35.9 Å². The summed E-state index contributed by atoms with van der Waals surface area (Å²) < 4.78 is 7.03. The van der Waals surface area contributed by atoms with Crippen LogP contribution in [0, 0.1) is 19.8 Å². The topological polar surface area (TPSA) is 71.8 Å². The molecule has 1 aromatic rings. The van der Waals surface area contributed by atoms with E-state index in [1.54, 1.807) is 7.05 Å². The van der Waals surface area contributed by atoms with Crippen molar-refractivity contribution < 1.29 is 9.53 Å². The van der Waals surface area contributed by atoms with Gasteiger partial charge in [-0.1, -0.05) is 0 Å². The highest BCUT2D eigenvalue weighted by molar-refractivity contribution is 14.0. The molecule has 2 heterocycles. The number of carbonyl (C=O) groups is 1. The van der Waals surface area contributed by atoms with Crippen molar-refractivity contribution in [2.75, 3.05) is 26.7 Å². The normalized spacial score (nSPS) is 15.7. The molecule has 1 saturated heterocycles. The Morgan fingerprint density at radius 3 is 2.48 bits per heavy atom. The second-order valence-electron chi connectivity index (χ2n) is 6.19. The second-order valence-corrected chi connectivity index (χ2v) is 6.19. The molecule has 0 aromatic carbocycles. The van der Waals surface area contributed by atoms with Crippen LogP contribution in [0.2, 0.25) is 0 Å². The Morgan fingerprint density at radius 1 is 1.36 bits per heavy atom. The summed E-state index contributed by atoms with van der Waals surface area (Å²) in [4.78, 5) is 18.4. The van der Waals surface area contributed by atoms with Gasteiger partial charge in [-0.25, -0.2) is 0 Å². The van der Waals surface area contributed by atoms with E-state index in [4.69, 9.17) is 4.74 Å². The summed E-state index contributed by atoms with van der Waals surface area (Å²) in [6.07, 6.45) is 1.62. The van der Waals surface area contributed by atoms with Crippen LogP contribution in [0.15, 0.2) is 4.99 Å². The van der Waals surface area contributed by atoms with Gasteiger partial charge in [0.15, 0.2) is 5.96 Å². The third kappa shape index (κ3) is 5.32. The highest BCUT2D eigenvalue weighted by atomic mass is 127. The molecule has 0 amide bonds. The smallest absolute Gasteiger partial charge is 0.309 e. The summed E-state index contributed by atoms with van der Waals surface area (Å²) in [6.45, 7) is 8.73. The lowest BCUT2D eigenvalue weighted by molar-refractivity contribution is -0.149. The van der Waals surface area contributed by atoms with Crippen molar-refractivity contribution in [3.05, 3.63) is 17.0 Å². The molecule has 1 aliphatic heterocycles. The van der Waals surface area contributed by atoms with Crippen LogP contribution in [0.3, 0.4) is 0 Å². The number of aliphatic imine (C=N–C) groups is 1. The molecule has 1 aromatic heterocycles. The van der Waals surface area contributed by atoms with E-state index in [0.29, 0.717) is 13.2 Å². The van der Waals surface area contributed by atoms with E-state index >= 15 is 0 Å². The highest BCUT2D eigenvalue weighted by Crippen LogP contribution is 2.19. The van der Waals surface area contributed by atoms with Crippen LogP contribution in [-0.2, 0) is 23.1 Å². The summed E-state index contributed by atoms with van der Waals surface area (Å²) in [5.41, 5.74) is 3.41. The number of carbonyl (C=O) groups excluding carboxylic acids is 1. The molecule has 142 valence electrons. The average molecular weight is 463 g/mol. The zero-order valence-electron chi connectivity index (χ0n) is 15.8. The van der Waals surface area contributed by atoms with Crippen LogP contribution in [0.25, 0.3) is 0 Å². The largest absolute Gasteiger partial charge is 0.466 e. The van der Waals surface area contributed by atoms with Crippen molar-refractivity contribution in [3.8, 4) is 0 Å². The van der Waals surface area contributed by atoms with E-state index in [9.17, 15) is 4.79 Å². The molecule has 0 spiro atoms. The molecule has 2 rings (SSSR count). The Kier molecular flexibility index (Phi) is 8.67. The summed E-state index contributed by atoms with van der Waals surface area (Å²) in [6, 6.07) is 0. The standard InChI is InChI=1S/C17H29N5O2.HI/c1-6-24-16(23)14-7-9-22(10-8-14)17(18-4)19-11-15-12(2)20-21(5)13(15)3;/h14H,6-11H2,1-5H3,(H,18,19);1H. The fourth-order valence-corrected chi connectivity index (χ4v) is 3.16. The van der Waals surface area contributed by atoms with Gasteiger partial charge in [0.1, 0.15) is 0 Å². The molecule has 8 heteroatoms. The van der Waals surface area contributed by atoms with Crippen molar-refractivity contribution in [2.24, 2.45) is 18.0 Å². The minimum Gasteiger partial charge on any atom is -0.466 e. The van der Waals surface area contributed by atoms with E-state index in [1.807, 2.05) is 25.6 Å². The number of hydrogen-bond acceptors (Lipinski definition) is 4. The molecule has 0 radical (unpaired) electrons. The van der Waals surface area contributed by atoms with E-state index in [-0.39, 0.29) is 35.9 Å². The van der Waals surface area contributed by atoms with Crippen LogP contribution in [0.5, 0.6) is 0 Å². The van der Waals surface area contributed by atoms with Crippen LogP contribution < -0.4 is 5.32 Å². The number of nitrogens with zero attached hydrogens (tertiary/aromatic N) is 4. The Balaban J connectivity index is 0.00000312. The van der Waals surface area contributed by atoms with E-state index in [2.05, 4.69) is 27.2 Å². The van der Waals surface area contributed by atoms with Gasteiger partial charge < -0.3 is 15.0 Å². The van der Waals surface area contributed by atoms with Gasteiger partial charge in [0.25, 0.3) is 0 Å². The average Bonchev–Trinajstić information content (AvgIpc) is 2.82. The number of aromatic nitrogens is 2. The van der Waals surface area contributed by atoms with Crippen LogP contribution in [-0.4, -0.2) is 53.4 Å². The summed E-state index contributed by atoms with van der Waals surface area (Å²) in [5.74, 6) is 0.823. The number of rotatable bonds is 4. The minimum absolute atomic E-state index is 0. The monoisotopic (exact) mass is 463 g/mol. The number of hydrogen-bond donors (Lipinski definition) is 1. The predicted molar refractivity (Wildman–Crippen MR) is 109 cm³/mol. The van der Waals surface area contributed by atoms with Crippen molar-refractivity contribution in [1.82, 2.24) is 20.0 Å². The predicted octanol–water partition coefficient (Wildman–Crippen LogP) is 2.01. The lowest BCUT2D eigenvalue weighted by Gasteiger charge is -2.33. The molecular formula is C17H30IN5O2. The number of nitrogens with one attached hydrogen (secondary N) is 1. The summed E-state index contributed by atoms with van der Waals surface area (Å²) >= 11 is 0. The lowest BCUT2D eigenvalue weighted by Crippen LogP contribution is -2.46. The fourth-order valence-electron chi connectivity index (χ4n) is 3.16. The van der Waals surface area contributed by atoms with Gasteiger partial charge in [-0.15, -0.1) is 24.0 Å². The Morgan fingerprint density at radius 2 is 2.00 bits per heavy atom. The number of likely N-dealkylation sites (tertiary alicyclic amines) is 1. The SMILES string of the molecule is CCOC(=O)C1CCN(C(=NC)NCc2c(C)nn(C)c2C)CC1.I. The third-order valence-electron chi connectivity index (χ3n) is 4.71. The summed E-state index contributed by atoms with van der Waals surface area (Å²) in [5, 5.41) is 7.87. The number of guanidine groups is 1. The maximum absolute atomic E-state index is 11.8. The Labute approximate surface area is 167 Å². The molecule has 0 atom stereocenters. The van der Waals surface area contributed by atoms with Gasteiger partial charge >= 0.3 is 5.97 Å². The van der Waals surface area contributed by atoms with Crippen molar-refractivity contribution in [1.29, 1.82) is 0 Å². The van der Waals surface area contributed by atoms with Gasteiger partial charge in [-0.05, 0) is 33.6 Å². The molecule has 1 aliphatic rings. The summed E-state index contributed by atoms with van der Waals surface area (Å²) in [7, 11) is 3.75. The number of esters is 1. The van der Waals surface area contributed by atoms with Crippen LogP contribution in [0.4, 0.5) is 0 Å². The van der Waals surface area contributed by atoms with Crippen LogP contribution >= 0.6 is 24.0 Å². The minimum atomic E-state index is -0.0679. The maximum Gasteiger partial charge on any atom is 0.309 e. The number of aryl methyl sites for hydroxylation is 2. The van der Waals surface area contributed by atoms with Gasteiger partial charge in [-0.3, -0.25) is 14.5 Å². The number of halogens is 1. The molecule has 0 unspecified atom stereocenters. The molecule has 7 nitrogen and oxygen atoms in total. The first-order valence-corrected chi connectivity index (χ1v) is 8.59. The van der Waals surface area contributed by atoms with Gasteiger partial charge in [0, 0.05) is 45.0 Å². The van der Waals surface area contributed by atoms with Gasteiger partial charge in [0.05, 0.1) is 18.2 Å². The first kappa shape index (κ1) is 21.7. The molecule has 0 saturated carbocycles. The first-order valence-electron chi connectivity index (χ1n) is 8.59. The number of piperidine rings is 1.